The number of hydrogen-bond acceptors (Lipinski definition) is 5. The summed E-state index contributed by atoms with van der Waals surface area (Å²) < 4.78 is 27.5. The van der Waals surface area contributed by atoms with Gasteiger partial charge in [0.15, 0.2) is 0 Å². The van der Waals surface area contributed by atoms with E-state index in [1.54, 1.807) is 0 Å². The molecule has 0 spiro atoms. The summed E-state index contributed by atoms with van der Waals surface area (Å²) in [6.45, 7) is 7.35. The van der Waals surface area contributed by atoms with Gasteiger partial charge in [-0.25, -0.2) is 17.9 Å². The second kappa shape index (κ2) is 12.2. The maximum absolute atomic E-state index is 12.4. The molecular weight excluding hydrogens is 497 g/mol. The molecule has 3 rings (SSSR count). The highest BCUT2D eigenvalue weighted by atomic mass is 35.5. The first-order valence-corrected chi connectivity index (χ1v) is 13.5. The van der Waals surface area contributed by atoms with Crippen molar-refractivity contribution in [2.75, 3.05) is 38.0 Å². The molecule has 0 radical (unpaired) electrons. The average Bonchev–Trinajstić information content (AvgIpc) is 2.76. The average molecular weight is 529 g/mol. The van der Waals surface area contributed by atoms with Crippen LogP contribution in [0.15, 0.2) is 35.2 Å². The van der Waals surface area contributed by atoms with Gasteiger partial charge >= 0.3 is 6.03 Å². The number of nitrogens with one attached hydrogen (secondary N) is 3. The van der Waals surface area contributed by atoms with E-state index in [0.29, 0.717) is 24.0 Å². The number of piperidine rings is 1. The summed E-state index contributed by atoms with van der Waals surface area (Å²) in [5, 5.41) is 6.27. The van der Waals surface area contributed by atoms with Crippen molar-refractivity contribution in [2.45, 2.75) is 38.0 Å². The van der Waals surface area contributed by atoms with Crippen LogP contribution < -0.4 is 15.4 Å². The zero-order valence-corrected chi connectivity index (χ0v) is 21.7. The van der Waals surface area contributed by atoms with Gasteiger partial charge in [0.2, 0.25) is 10.0 Å². The maximum atomic E-state index is 12.4. The van der Waals surface area contributed by atoms with E-state index in [4.69, 9.17) is 23.2 Å². The molecule has 34 heavy (non-hydrogen) atoms. The smallest absolute Gasteiger partial charge is 0.319 e. The molecule has 11 heteroatoms. The van der Waals surface area contributed by atoms with Gasteiger partial charge in [0.05, 0.1) is 14.9 Å². The number of nitrogens with zero attached hydrogens (tertiary/aromatic N) is 2. The van der Waals surface area contributed by atoms with Crippen LogP contribution in [0.1, 0.15) is 30.7 Å². The van der Waals surface area contributed by atoms with E-state index in [1.165, 1.54) is 18.2 Å². The molecule has 0 unspecified atom stereocenters. The van der Waals surface area contributed by atoms with Crippen molar-refractivity contribution < 1.29 is 13.2 Å². The third-order valence-electron chi connectivity index (χ3n) is 5.81. The van der Waals surface area contributed by atoms with E-state index in [1.807, 2.05) is 26.0 Å². The van der Waals surface area contributed by atoms with Crippen molar-refractivity contribution in [3.8, 4) is 0 Å². The molecule has 8 nitrogen and oxygen atoms in total. The molecule has 0 bridgehead atoms. The Kier molecular flexibility index (Phi) is 9.56. The van der Waals surface area contributed by atoms with Crippen LogP contribution in [0.5, 0.6) is 0 Å². The second-order valence-corrected chi connectivity index (χ2v) is 11.1. The molecule has 2 heterocycles. The van der Waals surface area contributed by atoms with Crippen molar-refractivity contribution in [2.24, 2.45) is 5.92 Å². The van der Waals surface area contributed by atoms with Crippen LogP contribution in [0, 0.1) is 19.8 Å². The van der Waals surface area contributed by atoms with Crippen LogP contribution in [0.25, 0.3) is 0 Å². The van der Waals surface area contributed by atoms with E-state index in [0.717, 1.165) is 56.0 Å². The third kappa shape index (κ3) is 8.09. The Labute approximate surface area is 211 Å². The number of hydrogen-bond donors (Lipinski definition) is 3. The van der Waals surface area contributed by atoms with Crippen LogP contribution in [0.4, 0.5) is 10.5 Å². The lowest BCUT2D eigenvalue weighted by Crippen LogP contribution is -2.41. The first kappa shape index (κ1) is 26.7. The molecule has 2 amide bonds. The number of sulfonamides is 1. The minimum Gasteiger partial charge on any atom is -0.337 e. The number of aryl methyl sites for hydroxylation is 2. The number of carbonyl (C=O) groups excluding carboxylic acids is 1. The fourth-order valence-corrected chi connectivity index (χ4v) is 5.47. The quantitative estimate of drug-likeness (QED) is 0.453. The zero-order chi connectivity index (χ0) is 24.7. The molecule has 0 saturated carbocycles. The summed E-state index contributed by atoms with van der Waals surface area (Å²) in [5.74, 6) is 0.460. The van der Waals surface area contributed by atoms with Crippen molar-refractivity contribution in [3.05, 3.63) is 51.8 Å². The zero-order valence-electron chi connectivity index (χ0n) is 19.4. The Bertz CT molecular complexity index is 1090. The number of carbonyl (C=O) groups is 1. The Morgan fingerprint density at radius 3 is 2.38 bits per heavy atom. The topological polar surface area (TPSA) is 103 Å². The van der Waals surface area contributed by atoms with Crippen molar-refractivity contribution >= 4 is 44.9 Å². The van der Waals surface area contributed by atoms with E-state index >= 15 is 0 Å². The lowest BCUT2D eigenvalue weighted by atomic mass is 9.94. The third-order valence-corrected chi connectivity index (χ3v) is 8.00. The Morgan fingerprint density at radius 2 is 1.74 bits per heavy atom. The van der Waals surface area contributed by atoms with Gasteiger partial charge in [-0.05, 0) is 82.4 Å². The summed E-state index contributed by atoms with van der Waals surface area (Å²) in [5.41, 5.74) is 2.46. The monoisotopic (exact) mass is 527 g/mol. The molecule has 0 atom stereocenters. The molecule has 1 saturated heterocycles. The predicted octanol–water partition coefficient (Wildman–Crippen LogP) is 4.21. The van der Waals surface area contributed by atoms with Crippen LogP contribution in [-0.4, -0.2) is 57.1 Å². The minimum absolute atomic E-state index is 0.113. The lowest BCUT2D eigenvalue weighted by molar-refractivity contribution is 0.180. The number of urea groups is 1. The highest BCUT2D eigenvalue weighted by molar-refractivity contribution is 7.89. The number of likely N-dealkylation sites (tertiary alicyclic amines) is 1. The number of anilines is 1. The van der Waals surface area contributed by atoms with Gasteiger partial charge in [0.25, 0.3) is 0 Å². The van der Waals surface area contributed by atoms with Gasteiger partial charge < -0.3 is 15.5 Å². The molecule has 1 aromatic heterocycles. The van der Waals surface area contributed by atoms with Gasteiger partial charge in [-0.15, -0.1) is 0 Å². The van der Waals surface area contributed by atoms with Gasteiger partial charge in [0.1, 0.15) is 0 Å². The summed E-state index contributed by atoms with van der Waals surface area (Å²) in [7, 11) is -3.61. The molecule has 3 N–H and O–H groups in total. The van der Waals surface area contributed by atoms with E-state index in [2.05, 4.69) is 25.2 Å². The highest BCUT2D eigenvalue weighted by Gasteiger charge is 2.21. The summed E-state index contributed by atoms with van der Waals surface area (Å²) in [4.78, 5) is 18.9. The van der Waals surface area contributed by atoms with Crippen molar-refractivity contribution in [1.82, 2.24) is 19.9 Å². The number of halogens is 2. The van der Waals surface area contributed by atoms with Gasteiger partial charge in [-0.1, -0.05) is 23.2 Å². The number of benzene rings is 1. The number of pyridine rings is 1. The fourth-order valence-electron chi connectivity index (χ4n) is 4.03. The second-order valence-electron chi connectivity index (χ2n) is 8.57. The minimum atomic E-state index is -3.61. The molecule has 1 aliphatic heterocycles. The SMILES string of the molecule is Cc1cc(NC(=O)NCCN2CCC(CCNS(=O)(=O)c3ccc(Cl)c(Cl)c3)CC2)cc(C)n1. The van der Waals surface area contributed by atoms with Crippen molar-refractivity contribution in [3.63, 3.8) is 0 Å². The highest BCUT2D eigenvalue weighted by Crippen LogP contribution is 2.25. The van der Waals surface area contributed by atoms with Crippen molar-refractivity contribution in [1.29, 1.82) is 0 Å². The van der Waals surface area contributed by atoms with Gasteiger partial charge in [0, 0.05) is 36.7 Å². The largest absolute Gasteiger partial charge is 0.337 e. The standard InChI is InChI=1S/C23H31Cl2N5O3S/c1-16-13-19(14-17(2)28-16)29-23(31)26-9-12-30-10-6-18(7-11-30)5-8-27-34(32,33)20-3-4-21(24)22(25)15-20/h3-4,13-15,18,27H,5-12H2,1-2H3,(H2,26,28,29,31). The summed E-state index contributed by atoms with van der Waals surface area (Å²) in [6.07, 6.45) is 2.77. The molecule has 2 aromatic rings. The van der Waals surface area contributed by atoms with E-state index < -0.39 is 10.0 Å². The summed E-state index contributed by atoms with van der Waals surface area (Å²) >= 11 is 11.8. The van der Waals surface area contributed by atoms with Crippen LogP contribution in [-0.2, 0) is 10.0 Å². The normalized spacial score (nSPS) is 15.3. The Morgan fingerprint density at radius 1 is 1.06 bits per heavy atom. The molecule has 0 aliphatic carbocycles. The first-order chi connectivity index (χ1) is 16.1. The fraction of sp³-hybridized carbons (Fsp3) is 0.478. The number of amides is 2. The molecule has 1 aliphatic rings. The van der Waals surface area contributed by atoms with Crippen LogP contribution in [0.3, 0.4) is 0 Å². The molecule has 1 aromatic carbocycles. The Balaban J connectivity index is 1.32. The van der Waals surface area contributed by atoms with E-state index in [-0.39, 0.29) is 15.9 Å². The number of aromatic nitrogens is 1. The molecular formula is C23H31Cl2N5O3S. The summed E-state index contributed by atoms with van der Waals surface area (Å²) in [6, 6.07) is 7.73. The van der Waals surface area contributed by atoms with Crippen LogP contribution in [0.2, 0.25) is 10.0 Å². The number of rotatable bonds is 9. The van der Waals surface area contributed by atoms with Gasteiger partial charge in [-0.3, -0.25) is 4.98 Å². The van der Waals surface area contributed by atoms with Crippen LogP contribution >= 0.6 is 23.2 Å². The lowest BCUT2D eigenvalue weighted by Gasteiger charge is -2.32. The first-order valence-electron chi connectivity index (χ1n) is 11.3. The van der Waals surface area contributed by atoms with Gasteiger partial charge in [-0.2, -0.15) is 0 Å². The predicted molar refractivity (Wildman–Crippen MR) is 136 cm³/mol. The Hall–Kier alpha value is -1.91. The molecule has 186 valence electrons. The maximum Gasteiger partial charge on any atom is 0.319 e. The molecule has 1 fully saturated rings. The van der Waals surface area contributed by atoms with E-state index in [9.17, 15) is 13.2 Å².